The Morgan fingerprint density at radius 1 is 0.789 bits per heavy atom. The maximum Gasteiger partial charge on any atom is 0.316 e. The van der Waals surface area contributed by atoms with Crippen molar-refractivity contribution in [2.24, 2.45) is 0 Å². The average molecular weight is 649 g/mol. The summed E-state index contributed by atoms with van der Waals surface area (Å²) in [6, 6.07) is -0.463. The van der Waals surface area contributed by atoms with Crippen LogP contribution >= 0.6 is 10.8 Å². The van der Waals surface area contributed by atoms with E-state index < -0.39 is 78.8 Å². The van der Waals surface area contributed by atoms with Crippen LogP contribution < -0.4 is 10.6 Å². The third kappa shape index (κ3) is 15.9. The SMILES string of the molecule is C[Si](C)(C)OC[C@H]1O[C@@H](NC(=O)NCCSS(C)(=O)=O)[C@H](O[Si](C)(C)C)[C@@H](O[Si](C)(C)C)[C@H]1O[Si](C)(C)C. The molecular weight excluding hydrogens is 597 g/mol. The van der Waals surface area contributed by atoms with Gasteiger partial charge in [0.15, 0.2) is 48.4 Å². The molecule has 1 heterocycles. The zero-order chi connectivity index (χ0) is 29.7. The molecule has 2 amide bonds. The van der Waals surface area contributed by atoms with E-state index in [1.807, 2.05) is 0 Å². The van der Waals surface area contributed by atoms with Gasteiger partial charge in [0.25, 0.3) is 0 Å². The fourth-order valence-electron chi connectivity index (χ4n) is 3.66. The molecule has 0 spiro atoms. The predicted molar refractivity (Wildman–Crippen MR) is 166 cm³/mol. The second-order valence-corrected chi connectivity index (χ2v) is 36.0. The molecule has 10 nitrogen and oxygen atoms in total. The quantitative estimate of drug-likeness (QED) is 0.162. The highest BCUT2D eigenvalue weighted by Gasteiger charge is 2.52. The van der Waals surface area contributed by atoms with E-state index in [2.05, 4.69) is 89.2 Å². The Kier molecular flexibility index (Phi) is 13.3. The standard InChI is InChI=1S/C22H52N2O8S2Si4/c1-34(26,27)33-15-14-23-22(25)24-21-20(32-38(11,12)13)19(31-37(8,9)10)18(30-36(5,6)7)17(29-21)16-28-35(2,3)4/h17-21H,14-16H2,1-13H3,(H2,23,24,25)/t17-,18+,19+,20-,21-/m1/s1. The van der Waals surface area contributed by atoms with Crippen molar-refractivity contribution < 1.29 is 35.7 Å². The number of rotatable bonds is 14. The highest BCUT2D eigenvalue weighted by atomic mass is 33.1. The van der Waals surface area contributed by atoms with Gasteiger partial charge in [0, 0.05) is 18.6 Å². The Labute approximate surface area is 238 Å². The molecule has 1 rings (SSSR count). The van der Waals surface area contributed by atoms with Gasteiger partial charge < -0.3 is 33.1 Å². The number of ether oxygens (including phenoxy) is 1. The second kappa shape index (κ2) is 13.9. The van der Waals surface area contributed by atoms with E-state index in [1.54, 1.807) is 0 Å². The van der Waals surface area contributed by atoms with Crippen molar-refractivity contribution in [3.63, 3.8) is 0 Å². The molecule has 0 saturated carbocycles. The number of carbonyl (C=O) groups excluding carboxylic acids is 1. The van der Waals surface area contributed by atoms with E-state index in [0.29, 0.717) is 6.61 Å². The van der Waals surface area contributed by atoms with Gasteiger partial charge in [-0.2, -0.15) is 0 Å². The Bertz CT molecular complexity index is 871. The zero-order valence-electron chi connectivity index (χ0n) is 25.6. The summed E-state index contributed by atoms with van der Waals surface area (Å²) < 4.78 is 55.7. The summed E-state index contributed by atoms with van der Waals surface area (Å²) in [4.78, 5) is 12.9. The van der Waals surface area contributed by atoms with Gasteiger partial charge in [0.2, 0.25) is 0 Å². The van der Waals surface area contributed by atoms with Crippen LogP contribution in [0.15, 0.2) is 0 Å². The van der Waals surface area contributed by atoms with Crippen molar-refractivity contribution >= 4 is 59.0 Å². The number of amides is 2. The summed E-state index contributed by atoms with van der Waals surface area (Å²) in [7, 11) is -10.5. The molecule has 226 valence electrons. The number of hydrogen-bond donors (Lipinski definition) is 2. The number of carbonyl (C=O) groups is 1. The first kappa shape index (κ1) is 36.3. The minimum Gasteiger partial charge on any atom is -0.415 e. The van der Waals surface area contributed by atoms with Crippen LogP contribution in [0.4, 0.5) is 4.79 Å². The molecular formula is C22H52N2O8S2Si4. The van der Waals surface area contributed by atoms with Crippen molar-refractivity contribution in [1.29, 1.82) is 0 Å². The van der Waals surface area contributed by atoms with Gasteiger partial charge in [-0.05, 0) is 89.4 Å². The molecule has 5 atom stereocenters. The van der Waals surface area contributed by atoms with Gasteiger partial charge in [0.1, 0.15) is 24.4 Å². The van der Waals surface area contributed by atoms with Crippen LogP contribution in [0, 0.1) is 0 Å². The molecule has 0 aromatic heterocycles. The normalized spacial score (nSPS) is 25.8. The molecule has 2 N–H and O–H groups in total. The third-order valence-electron chi connectivity index (χ3n) is 4.74. The van der Waals surface area contributed by atoms with E-state index in [4.69, 9.17) is 22.4 Å². The summed E-state index contributed by atoms with van der Waals surface area (Å²) in [5.74, 6) is 0.243. The molecule has 0 aromatic rings. The lowest BCUT2D eigenvalue weighted by Gasteiger charge is -2.51. The maximum atomic E-state index is 12.9. The highest BCUT2D eigenvalue weighted by molar-refractivity contribution is 8.71. The van der Waals surface area contributed by atoms with Crippen LogP contribution in [0.25, 0.3) is 0 Å². The van der Waals surface area contributed by atoms with Gasteiger partial charge in [0.05, 0.1) is 6.61 Å². The lowest BCUT2D eigenvalue weighted by Crippen LogP contribution is -2.69. The summed E-state index contributed by atoms with van der Waals surface area (Å²) in [6.45, 7) is 25.9. The van der Waals surface area contributed by atoms with E-state index >= 15 is 0 Å². The maximum absolute atomic E-state index is 12.9. The number of hydrogen-bond acceptors (Lipinski definition) is 9. The van der Waals surface area contributed by atoms with E-state index in [0.717, 1.165) is 17.0 Å². The van der Waals surface area contributed by atoms with Gasteiger partial charge in [-0.1, -0.05) is 0 Å². The van der Waals surface area contributed by atoms with E-state index in [-0.39, 0.29) is 12.3 Å². The Morgan fingerprint density at radius 2 is 1.26 bits per heavy atom. The number of urea groups is 1. The third-order valence-corrected chi connectivity index (χ3v) is 11.3. The zero-order valence-corrected chi connectivity index (χ0v) is 31.2. The number of nitrogens with one attached hydrogen (secondary N) is 2. The van der Waals surface area contributed by atoms with Crippen LogP contribution in [0.1, 0.15) is 0 Å². The van der Waals surface area contributed by atoms with Crippen LogP contribution in [0.5, 0.6) is 0 Å². The molecule has 0 bridgehead atoms. The van der Waals surface area contributed by atoms with Gasteiger partial charge >= 0.3 is 6.03 Å². The van der Waals surface area contributed by atoms with Crippen molar-refractivity contribution in [2.75, 3.05) is 25.2 Å². The van der Waals surface area contributed by atoms with Gasteiger partial charge in [-0.3, -0.25) is 0 Å². The summed E-state index contributed by atoms with van der Waals surface area (Å²) >= 11 is 0. The van der Waals surface area contributed by atoms with Crippen LogP contribution in [0.3, 0.4) is 0 Å². The highest BCUT2D eigenvalue weighted by Crippen LogP contribution is 2.33. The van der Waals surface area contributed by atoms with Crippen molar-refractivity contribution in [1.82, 2.24) is 10.6 Å². The molecule has 0 radical (unpaired) electrons. The molecule has 38 heavy (non-hydrogen) atoms. The van der Waals surface area contributed by atoms with Crippen LogP contribution in [-0.4, -0.2) is 104 Å². The fraction of sp³-hybridized carbons (Fsp3) is 0.955. The van der Waals surface area contributed by atoms with E-state index in [9.17, 15) is 13.2 Å². The van der Waals surface area contributed by atoms with Crippen molar-refractivity contribution in [3.05, 3.63) is 0 Å². The average Bonchev–Trinajstić information content (AvgIpc) is 2.64. The van der Waals surface area contributed by atoms with Crippen molar-refractivity contribution in [2.45, 2.75) is 109 Å². The molecule has 1 saturated heterocycles. The lowest BCUT2D eigenvalue weighted by atomic mass is 9.98. The minimum atomic E-state index is -3.18. The molecule has 1 aliphatic rings. The fourth-order valence-corrected chi connectivity index (χ4v) is 9.24. The first-order valence-corrected chi connectivity index (χ1v) is 30.1. The Morgan fingerprint density at radius 3 is 1.71 bits per heavy atom. The summed E-state index contributed by atoms with van der Waals surface area (Å²) in [6.07, 6.45) is -1.60. The predicted octanol–water partition coefficient (Wildman–Crippen LogP) is 4.22. The molecule has 1 fully saturated rings. The first-order valence-electron chi connectivity index (χ1n) is 13.1. The van der Waals surface area contributed by atoms with Gasteiger partial charge in [-0.15, -0.1) is 0 Å². The summed E-state index contributed by atoms with van der Waals surface area (Å²) in [5.41, 5.74) is 0. The lowest BCUT2D eigenvalue weighted by molar-refractivity contribution is -0.218. The van der Waals surface area contributed by atoms with Crippen LogP contribution in [-0.2, 0) is 31.3 Å². The topological polar surface area (TPSA) is 121 Å². The van der Waals surface area contributed by atoms with E-state index in [1.165, 1.54) is 0 Å². The van der Waals surface area contributed by atoms with Crippen molar-refractivity contribution in [3.8, 4) is 0 Å². The molecule has 0 unspecified atom stereocenters. The largest absolute Gasteiger partial charge is 0.415 e. The smallest absolute Gasteiger partial charge is 0.316 e. The molecule has 1 aliphatic heterocycles. The molecule has 0 aromatic carbocycles. The Balaban J connectivity index is 3.36. The van der Waals surface area contributed by atoms with Gasteiger partial charge in [-0.25, -0.2) is 13.2 Å². The molecule has 16 heteroatoms. The molecule has 0 aliphatic carbocycles. The van der Waals surface area contributed by atoms with Crippen LogP contribution in [0.2, 0.25) is 78.6 Å². The summed E-state index contributed by atoms with van der Waals surface area (Å²) in [5, 5.41) is 5.66. The minimum absolute atomic E-state index is 0.189. The monoisotopic (exact) mass is 648 g/mol. The first-order chi connectivity index (χ1) is 16.9. The Hall–Kier alpha value is 0.238. The second-order valence-electron chi connectivity index (χ2n) is 13.5.